The summed E-state index contributed by atoms with van der Waals surface area (Å²) in [5.41, 5.74) is 7.36. The lowest BCUT2D eigenvalue weighted by Gasteiger charge is -2.16. The number of hydrogen-bond donors (Lipinski definition) is 1. The number of hydrogen-bond acceptors (Lipinski definition) is 1. The molecule has 2 rings (SSSR count). The molecule has 18 heavy (non-hydrogen) atoms. The lowest BCUT2D eigenvalue weighted by molar-refractivity contribution is 0.565. The molecule has 94 valence electrons. The Balaban J connectivity index is 2.44. The van der Waals surface area contributed by atoms with Crippen molar-refractivity contribution in [1.82, 2.24) is 0 Å². The van der Waals surface area contributed by atoms with Gasteiger partial charge in [-0.25, -0.2) is 13.2 Å². The lowest BCUT2D eigenvalue weighted by Crippen LogP contribution is -2.15. The molecule has 2 aromatic carbocycles. The highest BCUT2D eigenvalue weighted by Crippen LogP contribution is 2.25. The molecule has 0 aliphatic carbocycles. The van der Waals surface area contributed by atoms with Crippen LogP contribution in [0, 0.1) is 24.4 Å². The van der Waals surface area contributed by atoms with Crippen LogP contribution in [-0.4, -0.2) is 0 Å². The van der Waals surface area contributed by atoms with Crippen LogP contribution in [0.5, 0.6) is 0 Å². The summed E-state index contributed by atoms with van der Waals surface area (Å²) in [5, 5.41) is 0. The van der Waals surface area contributed by atoms with Gasteiger partial charge in [0.15, 0.2) is 0 Å². The molecule has 0 saturated heterocycles. The van der Waals surface area contributed by atoms with Crippen molar-refractivity contribution >= 4 is 0 Å². The third kappa shape index (κ3) is 2.38. The predicted octanol–water partition coefficient (Wildman–Crippen LogP) is 3.46. The molecule has 0 spiro atoms. The van der Waals surface area contributed by atoms with Gasteiger partial charge in [-0.05, 0) is 36.2 Å². The molecule has 0 amide bonds. The van der Waals surface area contributed by atoms with Crippen molar-refractivity contribution in [2.24, 2.45) is 5.73 Å². The van der Waals surface area contributed by atoms with Gasteiger partial charge in [0.2, 0.25) is 0 Å². The summed E-state index contributed by atoms with van der Waals surface area (Å²) < 4.78 is 39.4. The van der Waals surface area contributed by atoms with Gasteiger partial charge in [0.1, 0.15) is 17.5 Å². The smallest absolute Gasteiger partial charge is 0.131 e. The number of aryl methyl sites for hydroxylation is 1. The Kier molecular flexibility index (Phi) is 3.39. The van der Waals surface area contributed by atoms with E-state index in [1.165, 1.54) is 24.3 Å². The van der Waals surface area contributed by atoms with Crippen LogP contribution in [0.2, 0.25) is 0 Å². The minimum atomic E-state index is -0.744. The number of rotatable bonds is 2. The van der Waals surface area contributed by atoms with Crippen LogP contribution in [0.25, 0.3) is 0 Å². The highest BCUT2D eigenvalue weighted by Gasteiger charge is 2.16. The van der Waals surface area contributed by atoms with Gasteiger partial charge in [-0.3, -0.25) is 0 Å². The number of nitrogens with two attached hydrogens (primary N) is 1. The predicted molar refractivity (Wildman–Crippen MR) is 63.5 cm³/mol. The molecule has 0 fully saturated rings. The number of halogens is 3. The molecule has 0 saturated carbocycles. The normalized spacial score (nSPS) is 12.5. The van der Waals surface area contributed by atoms with Crippen LogP contribution in [0.15, 0.2) is 36.4 Å². The maximum Gasteiger partial charge on any atom is 0.131 e. The summed E-state index contributed by atoms with van der Waals surface area (Å²) in [6.45, 7) is 1.69. The second-order valence-corrected chi connectivity index (χ2v) is 4.14. The molecule has 0 bridgehead atoms. The first-order valence-corrected chi connectivity index (χ1v) is 5.45. The second kappa shape index (κ2) is 4.82. The van der Waals surface area contributed by atoms with E-state index in [1.807, 2.05) is 0 Å². The maximum atomic E-state index is 13.6. The third-order valence-corrected chi connectivity index (χ3v) is 2.86. The van der Waals surface area contributed by atoms with Crippen LogP contribution in [0.1, 0.15) is 22.7 Å². The Hall–Kier alpha value is -1.81. The van der Waals surface area contributed by atoms with E-state index < -0.39 is 17.7 Å². The van der Waals surface area contributed by atoms with Gasteiger partial charge in [0.25, 0.3) is 0 Å². The van der Waals surface area contributed by atoms with E-state index in [2.05, 4.69) is 0 Å². The standard InChI is InChI=1S/C14H12F3N/c1-8-6-9(15)2-4-11(8)14(18)12-5-3-10(16)7-13(12)17/h2-7,14H,18H2,1H3. The van der Waals surface area contributed by atoms with Crippen molar-refractivity contribution in [3.8, 4) is 0 Å². The lowest BCUT2D eigenvalue weighted by atomic mass is 9.95. The zero-order valence-electron chi connectivity index (χ0n) is 9.75. The van der Waals surface area contributed by atoms with Gasteiger partial charge in [-0.15, -0.1) is 0 Å². The van der Waals surface area contributed by atoms with Gasteiger partial charge in [0, 0.05) is 11.6 Å². The van der Waals surface area contributed by atoms with Crippen molar-refractivity contribution in [3.63, 3.8) is 0 Å². The molecular formula is C14H12F3N. The summed E-state index contributed by atoms with van der Waals surface area (Å²) in [6, 6.07) is 6.60. The van der Waals surface area contributed by atoms with E-state index in [4.69, 9.17) is 5.73 Å². The maximum absolute atomic E-state index is 13.6. The van der Waals surface area contributed by atoms with Crippen LogP contribution < -0.4 is 5.73 Å². The topological polar surface area (TPSA) is 26.0 Å². The molecule has 0 aliphatic heterocycles. The largest absolute Gasteiger partial charge is 0.320 e. The summed E-state index contributed by atoms with van der Waals surface area (Å²) in [5.74, 6) is -1.73. The Bertz CT molecular complexity index is 530. The highest BCUT2D eigenvalue weighted by molar-refractivity contribution is 5.37. The van der Waals surface area contributed by atoms with Crippen molar-refractivity contribution in [2.45, 2.75) is 13.0 Å². The zero-order chi connectivity index (χ0) is 13.3. The van der Waals surface area contributed by atoms with Gasteiger partial charge >= 0.3 is 0 Å². The summed E-state index contributed by atoms with van der Waals surface area (Å²) >= 11 is 0. The summed E-state index contributed by atoms with van der Waals surface area (Å²) in [6.07, 6.45) is 0. The van der Waals surface area contributed by atoms with Crippen LogP contribution in [0.3, 0.4) is 0 Å². The minimum absolute atomic E-state index is 0.186. The summed E-state index contributed by atoms with van der Waals surface area (Å²) in [4.78, 5) is 0. The second-order valence-electron chi connectivity index (χ2n) is 4.14. The van der Waals surface area contributed by atoms with Gasteiger partial charge in [-0.1, -0.05) is 12.1 Å². The average Bonchev–Trinajstić information content (AvgIpc) is 2.28. The SMILES string of the molecule is Cc1cc(F)ccc1C(N)c1ccc(F)cc1F. The van der Waals surface area contributed by atoms with E-state index in [-0.39, 0.29) is 11.4 Å². The monoisotopic (exact) mass is 251 g/mol. The van der Waals surface area contributed by atoms with E-state index in [0.717, 1.165) is 12.1 Å². The molecule has 0 aliphatic rings. The van der Waals surface area contributed by atoms with Crippen molar-refractivity contribution in [3.05, 3.63) is 70.5 Å². The molecule has 1 atom stereocenters. The molecule has 2 N–H and O–H groups in total. The molecule has 0 aromatic heterocycles. The molecule has 0 heterocycles. The quantitative estimate of drug-likeness (QED) is 0.869. The Morgan fingerprint density at radius 2 is 1.44 bits per heavy atom. The van der Waals surface area contributed by atoms with Crippen molar-refractivity contribution < 1.29 is 13.2 Å². The Morgan fingerprint density at radius 3 is 2.00 bits per heavy atom. The van der Waals surface area contributed by atoms with Crippen LogP contribution in [-0.2, 0) is 0 Å². The third-order valence-electron chi connectivity index (χ3n) is 2.86. The van der Waals surface area contributed by atoms with Gasteiger partial charge in [-0.2, -0.15) is 0 Å². The van der Waals surface area contributed by atoms with Crippen molar-refractivity contribution in [2.75, 3.05) is 0 Å². The Labute approximate surface area is 103 Å². The average molecular weight is 251 g/mol. The highest BCUT2D eigenvalue weighted by atomic mass is 19.1. The molecule has 1 unspecified atom stereocenters. The molecular weight excluding hydrogens is 239 g/mol. The van der Waals surface area contributed by atoms with Gasteiger partial charge in [0.05, 0.1) is 6.04 Å². The van der Waals surface area contributed by atoms with Gasteiger partial charge < -0.3 is 5.73 Å². The van der Waals surface area contributed by atoms with Crippen LogP contribution >= 0.6 is 0 Å². The summed E-state index contributed by atoms with van der Waals surface area (Å²) in [7, 11) is 0. The van der Waals surface area contributed by atoms with Crippen molar-refractivity contribution in [1.29, 1.82) is 0 Å². The number of benzene rings is 2. The fourth-order valence-corrected chi connectivity index (χ4v) is 1.91. The molecule has 1 nitrogen and oxygen atoms in total. The first-order chi connectivity index (χ1) is 8.49. The molecule has 2 aromatic rings. The first-order valence-electron chi connectivity index (χ1n) is 5.45. The fraction of sp³-hybridized carbons (Fsp3) is 0.143. The Morgan fingerprint density at radius 1 is 0.889 bits per heavy atom. The fourth-order valence-electron chi connectivity index (χ4n) is 1.91. The zero-order valence-corrected chi connectivity index (χ0v) is 9.75. The molecule has 0 radical (unpaired) electrons. The molecule has 4 heteroatoms. The van der Waals surface area contributed by atoms with E-state index >= 15 is 0 Å². The van der Waals surface area contributed by atoms with E-state index in [9.17, 15) is 13.2 Å². The van der Waals surface area contributed by atoms with E-state index in [1.54, 1.807) is 6.92 Å². The first kappa shape index (κ1) is 12.6. The minimum Gasteiger partial charge on any atom is -0.320 e. The van der Waals surface area contributed by atoms with Crippen LogP contribution in [0.4, 0.5) is 13.2 Å². The van der Waals surface area contributed by atoms with E-state index in [0.29, 0.717) is 11.1 Å².